The molecule has 2 aromatic carbocycles. The van der Waals surface area contributed by atoms with Crippen molar-refractivity contribution in [2.75, 3.05) is 11.1 Å². The normalized spacial score (nSPS) is 18.4. The Morgan fingerprint density at radius 1 is 1.31 bits per heavy atom. The summed E-state index contributed by atoms with van der Waals surface area (Å²) in [6.07, 6.45) is 3.19. The lowest BCUT2D eigenvalue weighted by Crippen LogP contribution is -2.36. The third kappa shape index (κ3) is 3.12. The molecule has 2 atom stereocenters. The summed E-state index contributed by atoms with van der Waals surface area (Å²) in [6.45, 7) is 2.23. The Balaban J connectivity index is 1.79. The van der Waals surface area contributed by atoms with Crippen molar-refractivity contribution in [1.82, 2.24) is 4.57 Å². The van der Waals surface area contributed by atoms with E-state index >= 15 is 4.39 Å². The van der Waals surface area contributed by atoms with Crippen molar-refractivity contribution in [2.24, 2.45) is 0 Å². The Kier molecular flexibility index (Phi) is 4.74. The van der Waals surface area contributed by atoms with Gasteiger partial charge in [0.25, 0.3) is 0 Å². The Bertz CT molecular complexity index is 1160. The third-order valence-corrected chi connectivity index (χ3v) is 5.76. The Hall–Kier alpha value is -3.35. The molecule has 3 aromatic rings. The van der Waals surface area contributed by atoms with Gasteiger partial charge in [0, 0.05) is 24.7 Å². The van der Waals surface area contributed by atoms with Gasteiger partial charge in [0.05, 0.1) is 22.3 Å². The fraction of sp³-hybridized carbons (Fsp3) is 0.273. The first-order valence-electron chi connectivity index (χ1n) is 9.62. The quantitative estimate of drug-likeness (QED) is 0.571. The summed E-state index contributed by atoms with van der Waals surface area (Å²) in [4.78, 5) is 24.0. The molecule has 6 nitrogen and oxygen atoms in total. The maximum Gasteiger partial charge on any atom is 0.341 e. The SMILES string of the molecule is CCn1cc(C(=O)O)c(=O)c2c(N)c(F)c(N[C@@H]3CC[C@H]3c3ccccc3)cc21. The van der Waals surface area contributed by atoms with E-state index in [9.17, 15) is 14.7 Å². The number of aromatic carboxylic acids is 1. The molecule has 150 valence electrons. The number of hydrogen-bond acceptors (Lipinski definition) is 4. The zero-order valence-corrected chi connectivity index (χ0v) is 16.0. The predicted molar refractivity (Wildman–Crippen MR) is 111 cm³/mol. The fourth-order valence-corrected chi connectivity index (χ4v) is 4.04. The average Bonchev–Trinajstić information content (AvgIpc) is 2.69. The van der Waals surface area contributed by atoms with Crippen LogP contribution in [0.25, 0.3) is 10.9 Å². The molecule has 1 saturated carbocycles. The first-order chi connectivity index (χ1) is 13.9. The minimum absolute atomic E-state index is 0.0591. The lowest BCUT2D eigenvalue weighted by molar-refractivity contribution is 0.0695. The Labute approximate surface area is 166 Å². The molecule has 7 heteroatoms. The van der Waals surface area contributed by atoms with Crippen LogP contribution < -0.4 is 16.5 Å². The molecule has 1 aliphatic carbocycles. The first kappa shape index (κ1) is 19.0. The van der Waals surface area contributed by atoms with Gasteiger partial charge in [-0.3, -0.25) is 4.79 Å². The number of pyridine rings is 1. The predicted octanol–water partition coefficient (Wildman–Crippen LogP) is 3.80. The lowest BCUT2D eigenvalue weighted by atomic mass is 9.75. The molecule has 0 radical (unpaired) electrons. The van der Waals surface area contributed by atoms with Crippen LogP contribution in [0.4, 0.5) is 15.8 Å². The van der Waals surface area contributed by atoms with E-state index in [4.69, 9.17) is 5.73 Å². The number of carbonyl (C=O) groups is 1. The molecule has 0 unspecified atom stereocenters. The number of nitrogens with zero attached hydrogens (tertiary/aromatic N) is 1. The highest BCUT2D eigenvalue weighted by molar-refractivity contribution is 5.99. The number of nitrogens with one attached hydrogen (secondary N) is 1. The van der Waals surface area contributed by atoms with Gasteiger partial charge in [-0.2, -0.15) is 0 Å². The smallest absolute Gasteiger partial charge is 0.341 e. The van der Waals surface area contributed by atoms with Crippen molar-refractivity contribution in [3.63, 3.8) is 0 Å². The average molecular weight is 395 g/mol. The van der Waals surface area contributed by atoms with E-state index in [1.165, 1.54) is 11.8 Å². The van der Waals surface area contributed by atoms with Gasteiger partial charge in [0.2, 0.25) is 5.43 Å². The minimum atomic E-state index is -1.36. The van der Waals surface area contributed by atoms with Crippen LogP contribution in [0.1, 0.15) is 41.6 Å². The van der Waals surface area contributed by atoms with E-state index in [1.807, 2.05) is 25.1 Å². The molecule has 0 bridgehead atoms. The molecule has 0 amide bonds. The van der Waals surface area contributed by atoms with Crippen LogP contribution in [0.15, 0.2) is 47.4 Å². The number of hydrogen-bond donors (Lipinski definition) is 3. The van der Waals surface area contributed by atoms with E-state index in [0.29, 0.717) is 12.1 Å². The summed E-state index contributed by atoms with van der Waals surface area (Å²) in [5.74, 6) is -1.81. The zero-order valence-electron chi connectivity index (χ0n) is 16.0. The van der Waals surface area contributed by atoms with Crippen molar-refractivity contribution >= 4 is 28.2 Å². The number of aryl methyl sites for hydroxylation is 1. The summed E-state index contributed by atoms with van der Waals surface area (Å²) in [7, 11) is 0. The van der Waals surface area contributed by atoms with Crippen LogP contribution in [-0.4, -0.2) is 21.7 Å². The number of fused-ring (bicyclic) bond motifs is 1. The second kappa shape index (κ2) is 7.24. The first-order valence-corrected chi connectivity index (χ1v) is 9.62. The van der Waals surface area contributed by atoms with Crippen molar-refractivity contribution in [3.8, 4) is 0 Å². The number of benzene rings is 2. The Morgan fingerprint density at radius 2 is 2.03 bits per heavy atom. The molecule has 0 spiro atoms. The van der Waals surface area contributed by atoms with Crippen molar-refractivity contribution < 1.29 is 14.3 Å². The van der Waals surface area contributed by atoms with E-state index in [1.54, 1.807) is 10.6 Å². The molecular weight excluding hydrogens is 373 g/mol. The number of nitrogens with two attached hydrogens (primary N) is 1. The van der Waals surface area contributed by atoms with Gasteiger partial charge in [0.1, 0.15) is 5.56 Å². The highest BCUT2D eigenvalue weighted by Crippen LogP contribution is 2.40. The number of halogens is 1. The fourth-order valence-electron chi connectivity index (χ4n) is 4.04. The molecule has 0 saturated heterocycles. The molecular formula is C22H22FN3O3. The van der Waals surface area contributed by atoms with Crippen molar-refractivity contribution in [2.45, 2.75) is 38.3 Å². The maximum absolute atomic E-state index is 15.0. The standard InChI is InChI=1S/C22H22FN3O3/c1-2-26-11-14(22(28)29)21(27)18-17(26)10-16(19(23)20(18)24)25-15-9-8-13(15)12-6-4-3-5-7-12/h3-7,10-11,13,15,25H,2,8-9,24H2,1H3,(H,28,29)/t13-,15+/m0/s1. The third-order valence-electron chi connectivity index (χ3n) is 5.76. The number of rotatable bonds is 5. The second-order valence-corrected chi connectivity index (χ2v) is 7.35. The van der Waals surface area contributed by atoms with Gasteiger partial charge in [-0.05, 0) is 31.4 Å². The van der Waals surface area contributed by atoms with Crippen molar-refractivity contribution in [1.29, 1.82) is 0 Å². The van der Waals surface area contributed by atoms with Crippen LogP contribution in [0.5, 0.6) is 0 Å². The summed E-state index contributed by atoms with van der Waals surface area (Å²) >= 11 is 0. The monoisotopic (exact) mass is 395 g/mol. The van der Waals surface area contributed by atoms with Crippen LogP contribution in [0, 0.1) is 5.82 Å². The number of aromatic nitrogens is 1. The summed E-state index contributed by atoms with van der Waals surface area (Å²) < 4.78 is 16.7. The maximum atomic E-state index is 15.0. The van der Waals surface area contributed by atoms with Gasteiger partial charge < -0.3 is 20.7 Å². The molecule has 1 aromatic heterocycles. The van der Waals surface area contributed by atoms with Crippen LogP contribution in [0.3, 0.4) is 0 Å². The molecule has 4 N–H and O–H groups in total. The molecule has 1 fully saturated rings. The Morgan fingerprint density at radius 3 is 2.62 bits per heavy atom. The molecule has 1 aliphatic rings. The van der Waals surface area contributed by atoms with Crippen LogP contribution in [-0.2, 0) is 6.54 Å². The molecule has 1 heterocycles. The largest absolute Gasteiger partial charge is 0.477 e. The molecule has 0 aliphatic heterocycles. The number of carboxylic acids is 1. The van der Waals surface area contributed by atoms with Crippen molar-refractivity contribution in [3.05, 3.63) is 69.8 Å². The number of anilines is 2. The minimum Gasteiger partial charge on any atom is -0.477 e. The number of carboxylic acid groups (broad SMARTS) is 1. The van der Waals surface area contributed by atoms with Gasteiger partial charge in [-0.25, -0.2) is 9.18 Å². The lowest BCUT2D eigenvalue weighted by Gasteiger charge is -2.38. The highest BCUT2D eigenvalue weighted by atomic mass is 19.1. The number of nitrogen functional groups attached to an aromatic ring is 1. The van der Waals surface area contributed by atoms with Gasteiger partial charge in [0.15, 0.2) is 5.82 Å². The summed E-state index contributed by atoms with van der Waals surface area (Å²) in [6, 6.07) is 11.7. The van der Waals surface area contributed by atoms with Crippen LogP contribution in [0.2, 0.25) is 0 Å². The van der Waals surface area contributed by atoms with Gasteiger partial charge in [-0.1, -0.05) is 30.3 Å². The van der Waals surface area contributed by atoms with E-state index in [2.05, 4.69) is 17.4 Å². The molecule has 29 heavy (non-hydrogen) atoms. The van der Waals surface area contributed by atoms with E-state index in [-0.39, 0.29) is 28.7 Å². The van der Waals surface area contributed by atoms with Crippen LogP contribution >= 0.6 is 0 Å². The van der Waals surface area contributed by atoms with E-state index in [0.717, 1.165) is 12.8 Å². The van der Waals surface area contributed by atoms with E-state index < -0.39 is 22.8 Å². The topological polar surface area (TPSA) is 97.4 Å². The molecule has 4 rings (SSSR count). The summed E-state index contributed by atoms with van der Waals surface area (Å²) in [5.41, 5.74) is 6.29. The van der Waals surface area contributed by atoms with Gasteiger partial charge in [-0.15, -0.1) is 0 Å². The van der Waals surface area contributed by atoms with Gasteiger partial charge >= 0.3 is 5.97 Å². The second-order valence-electron chi connectivity index (χ2n) is 7.35. The zero-order chi connectivity index (χ0) is 20.7. The highest BCUT2D eigenvalue weighted by Gasteiger charge is 2.33. The summed E-state index contributed by atoms with van der Waals surface area (Å²) in [5, 5.41) is 12.5.